The molecule has 2 amide bonds. The number of anilines is 2. The molecule has 2 saturated heterocycles. The van der Waals surface area contributed by atoms with Crippen LogP contribution in [-0.4, -0.2) is 24.9 Å². The Labute approximate surface area is 339 Å². The highest BCUT2D eigenvalue weighted by molar-refractivity contribution is 6.03. The maximum absolute atomic E-state index is 13.4. The molecule has 2 fully saturated rings. The van der Waals surface area contributed by atoms with E-state index in [1.807, 2.05) is 9.80 Å². The second-order valence-corrected chi connectivity index (χ2v) is 21.8. The minimum absolute atomic E-state index is 0.0669. The monoisotopic (exact) mass is 753 g/mol. The van der Waals surface area contributed by atoms with Crippen LogP contribution in [0.15, 0.2) is 66.7 Å². The Kier molecular flexibility index (Phi) is 10.6. The fourth-order valence-corrected chi connectivity index (χ4v) is 8.03. The van der Waals surface area contributed by atoms with Gasteiger partial charge in [0, 0.05) is 37.3 Å². The minimum atomic E-state index is -0.137. The van der Waals surface area contributed by atoms with Crippen LogP contribution in [0.2, 0.25) is 0 Å². The molecule has 2 aliphatic rings. The van der Waals surface area contributed by atoms with E-state index >= 15 is 0 Å². The highest BCUT2D eigenvalue weighted by Crippen LogP contribution is 2.48. The molecule has 0 aromatic heterocycles. The molecular formula is C52H68N2O2. The van der Waals surface area contributed by atoms with Gasteiger partial charge >= 0.3 is 0 Å². The zero-order chi connectivity index (χ0) is 41.3. The minimum Gasteiger partial charge on any atom is -0.312 e. The molecule has 2 aliphatic heterocycles. The average molecular weight is 753 g/mol. The van der Waals surface area contributed by atoms with Gasteiger partial charge in [0.05, 0.1) is 0 Å². The molecule has 0 aliphatic carbocycles. The quantitative estimate of drug-likeness (QED) is 0.204. The highest BCUT2D eigenvalue weighted by atomic mass is 16.2. The van der Waals surface area contributed by atoms with Crippen molar-refractivity contribution in [3.63, 3.8) is 0 Å². The van der Waals surface area contributed by atoms with Crippen molar-refractivity contribution in [1.29, 1.82) is 0 Å². The van der Waals surface area contributed by atoms with Gasteiger partial charge in [0.25, 0.3) is 0 Å². The van der Waals surface area contributed by atoms with Crippen molar-refractivity contribution in [3.8, 4) is 33.4 Å². The van der Waals surface area contributed by atoms with Gasteiger partial charge in [-0.3, -0.25) is 9.59 Å². The van der Waals surface area contributed by atoms with Crippen LogP contribution in [0.3, 0.4) is 0 Å². The molecule has 56 heavy (non-hydrogen) atoms. The Bertz CT molecular complexity index is 1960. The third kappa shape index (κ3) is 8.55. The summed E-state index contributed by atoms with van der Waals surface area (Å²) < 4.78 is 0. The van der Waals surface area contributed by atoms with E-state index in [1.165, 1.54) is 50.1 Å². The lowest BCUT2D eigenvalue weighted by atomic mass is 9.74. The van der Waals surface area contributed by atoms with E-state index in [0.29, 0.717) is 25.9 Å². The average Bonchev–Trinajstić information content (AvgIpc) is 3.72. The van der Waals surface area contributed by atoms with Crippen LogP contribution in [-0.2, 0) is 36.7 Å². The summed E-state index contributed by atoms with van der Waals surface area (Å²) in [5.74, 6) is 0.287. The molecule has 0 N–H and O–H groups in total. The fraction of sp³-hybridized carbons (Fsp3) is 0.500. The first-order valence-electron chi connectivity index (χ1n) is 21.0. The van der Waals surface area contributed by atoms with Gasteiger partial charge < -0.3 is 9.80 Å². The third-order valence-electron chi connectivity index (χ3n) is 11.9. The standard InChI is InChI=1S/C52H68N2O2/c1-48(2,3)36-22-33(23-37(28-36)49(4,5)6)43-30-40(52(13,14)15)31-44(34-24-38(50(7,8)9)29-39(25-34)51(10,11)12)47(43)35-26-41(53-20-16-18-45(53)55)32-42(27-35)54-21-17-19-46(54)56/h22-32H,16-21H2,1-15H3. The van der Waals surface area contributed by atoms with Gasteiger partial charge in [0.1, 0.15) is 0 Å². The lowest BCUT2D eigenvalue weighted by molar-refractivity contribution is -0.117. The van der Waals surface area contributed by atoms with Gasteiger partial charge in [0.15, 0.2) is 0 Å². The molecule has 4 nitrogen and oxygen atoms in total. The Morgan fingerprint density at radius 1 is 0.375 bits per heavy atom. The first-order chi connectivity index (χ1) is 25.7. The summed E-state index contributed by atoms with van der Waals surface area (Å²) in [6.07, 6.45) is 2.76. The molecule has 0 saturated carbocycles. The lowest BCUT2D eigenvalue weighted by Gasteiger charge is -2.30. The molecule has 0 unspecified atom stereocenters. The number of rotatable bonds is 5. The second kappa shape index (κ2) is 14.3. The van der Waals surface area contributed by atoms with Gasteiger partial charge in [-0.15, -0.1) is 0 Å². The zero-order valence-corrected chi connectivity index (χ0v) is 37.3. The summed E-state index contributed by atoms with van der Waals surface area (Å²) in [7, 11) is 0. The Balaban J connectivity index is 1.83. The summed E-state index contributed by atoms with van der Waals surface area (Å²) in [6.45, 7) is 35.9. The van der Waals surface area contributed by atoms with Crippen molar-refractivity contribution in [1.82, 2.24) is 0 Å². The van der Waals surface area contributed by atoms with E-state index in [9.17, 15) is 9.59 Å². The number of nitrogens with zero attached hydrogens (tertiary/aromatic N) is 2. The molecule has 6 rings (SSSR count). The Morgan fingerprint density at radius 2 is 0.679 bits per heavy atom. The van der Waals surface area contributed by atoms with Crippen molar-refractivity contribution in [2.45, 2.75) is 157 Å². The highest BCUT2D eigenvalue weighted by Gasteiger charge is 2.31. The van der Waals surface area contributed by atoms with Crippen LogP contribution < -0.4 is 9.80 Å². The van der Waals surface area contributed by atoms with Crippen LogP contribution in [0.1, 0.15) is 157 Å². The zero-order valence-electron chi connectivity index (χ0n) is 37.3. The largest absolute Gasteiger partial charge is 0.312 e. The van der Waals surface area contributed by atoms with Crippen molar-refractivity contribution < 1.29 is 9.59 Å². The van der Waals surface area contributed by atoms with Gasteiger partial charge in [-0.25, -0.2) is 0 Å². The van der Waals surface area contributed by atoms with E-state index in [4.69, 9.17) is 0 Å². The van der Waals surface area contributed by atoms with Crippen LogP contribution >= 0.6 is 0 Å². The fourth-order valence-electron chi connectivity index (χ4n) is 8.03. The number of amides is 2. The lowest BCUT2D eigenvalue weighted by Crippen LogP contribution is -2.26. The van der Waals surface area contributed by atoms with Crippen molar-refractivity contribution in [2.24, 2.45) is 0 Å². The van der Waals surface area contributed by atoms with Crippen LogP contribution in [0.25, 0.3) is 33.4 Å². The SMILES string of the molecule is CC(C)(C)c1cc(-c2cc(C(C)(C)C)cc(-c3cc(C(C)(C)C)cc(C(C)(C)C)c3)c2-c2cc(N3CCCC3=O)cc(N3CCCC3=O)c2)cc(C(C)(C)C)c1. The molecule has 0 spiro atoms. The maximum atomic E-state index is 13.4. The molecule has 4 heteroatoms. The van der Waals surface area contributed by atoms with Gasteiger partial charge in [-0.1, -0.05) is 140 Å². The third-order valence-corrected chi connectivity index (χ3v) is 11.9. The van der Waals surface area contributed by atoms with Gasteiger partial charge in [0.2, 0.25) is 11.8 Å². The summed E-state index contributed by atoms with van der Waals surface area (Å²) in [6, 6.07) is 25.8. The topological polar surface area (TPSA) is 40.6 Å². The summed E-state index contributed by atoms with van der Waals surface area (Å²) in [5.41, 5.74) is 14.7. The summed E-state index contributed by atoms with van der Waals surface area (Å²) in [5, 5.41) is 0. The van der Waals surface area contributed by atoms with E-state index < -0.39 is 0 Å². The normalized spacial score (nSPS) is 16.1. The molecule has 4 aromatic carbocycles. The summed E-state index contributed by atoms with van der Waals surface area (Å²) in [4.78, 5) is 30.7. The molecule has 2 heterocycles. The predicted molar refractivity (Wildman–Crippen MR) is 239 cm³/mol. The van der Waals surface area contributed by atoms with Crippen molar-refractivity contribution in [3.05, 3.63) is 94.5 Å². The number of hydrogen-bond donors (Lipinski definition) is 0. The first-order valence-corrected chi connectivity index (χ1v) is 21.0. The molecule has 0 bridgehead atoms. The van der Waals surface area contributed by atoms with E-state index in [2.05, 4.69) is 171 Å². The second-order valence-electron chi connectivity index (χ2n) is 21.8. The number of hydrogen-bond acceptors (Lipinski definition) is 2. The molecule has 0 radical (unpaired) electrons. The molecule has 4 aromatic rings. The van der Waals surface area contributed by atoms with Crippen LogP contribution in [0, 0.1) is 0 Å². The van der Waals surface area contributed by atoms with Crippen LogP contribution in [0.5, 0.6) is 0 Å². The number of carbonyl (C=O) groups excluding carboxylic acids is 2. The molecular weight excluding hydrogens is 685 g/mol. The van der Waals surface area contributed by atoms with Gasteiger partial charge in [-0.05, 0) is 131 Å². The maximum Gasteiger partial charge on any atom is 0.227 e. The smallest absolute Gasteiger partial charge is 0.227 e. The molecule has 298 valence electrons. The van der Waals surface area contributed by atoms with Crippen molar-refractivity contribution in [2.75, 3.05) is 22.9 Å². The molecule has 0 atom stereocenters. The first kappa shape index (κ1) is 41.5. The number of carbonyl (C=O) groups is 2. The predicted octanol–water partition coefficient (Wildman–Crippen LogP) is 13.4. The Morgan fingerprint density at radius 3 is 0.946 bits per heavy atom. The van der Waals surface area contributed by atoms with Crippen LogP contribution in [0.4, 0.5) is 11.4 Å². The van der Waals surface area contributed by atoms with E-state index in [0.717, 1.165) is 35.3 Å². The van der Waals surface area contributed by atoms with E-state index in [-0.39, 0.29) is 38.9 Å². The Hall–Kier alpha value is -4.18. The summed E-state index contributed by atoms with van der Waals surface area (Å²) >= 11 is 0. The van der Waals surface area contributed by atoms with Crippen molar-refractivity contribution >= 4 is 23.2 Å². The van der Waals surface area contributed by atoms with E-state index in [1.54, 1.807) is 0 Å². The van der Waals surface area contributed by atoms with Gasteiger partial charge in [-0.2, -0.15) is 0 Å². The number of benzene rings is 4.